The molecule has 0 unspecified atom stereocenters. The number of ether oxygens (including phenoxy) is 2. The average Bonchev–Trinajstić information content (AvgIpc) is 3.39. The number of carboxylic acids is 2. The van der Waals surface area contributed by atoms with Gasteiger partial charge >= 0.3 is 23.9 Å². The molecule has 2 heterocycles. The maximum absolute atomic E-state index is 12.1. The Morgan fingerprint density at radius 3 is 1.21 bits per heavy atom. The van der Waals surface area contributed by atoms with Gasteiger partial charge in [0, 0.05) is 116 Å². The first-order valence-electron chi connectivity index (χ1n) is 22.9. The number of aryl methyl sites for hydroxylation is 1. The van der Waals surface area contributed by atoms with E-state index in [-0.39, 0.29) is 54.4 Å². The lowest BCUT2D eigenvalue weighted by Crippen LogP contribution is -2.42. The van der Waals surface area contributed by atoms with E-state index < -0.39 is 28.1 Å². The largest absolute Gasteiger partial charge is 0.480 e. The van der Waals surface area contributed by atoms with Gasteiger partial charge in [-0.15, -0.1) is 0 Å². The quantitative estimate of drug-likeness (QED) is 0.128. The molecule has 2 aliphatic rings. The van der Waals surface area contributed by atoms with Gasteiger partial charge < -0.3 is 29.9 Å². The number of carbonyl (C=O) groups excluding carboxylic acids is 2. The van der Waals surface area contributed by atoms with Crippen molar-refractivity contribution in [3.8, 4) is 6.07 Å². The molecule has 0 amide bonds. The van der Waals surface area contributed by atoms with E-state index in [2.05, 4.69) is 26.9 Å². The number of rotatable bonds is 15. The van der Waals surface area contributed by atoms with Crippen molar-refractivity contribution in [1.29, 1.82) is 5.26 Å². The second-order valence-corrected chi connectivity index (χ2v) is 18.2. The van der Waals surface area contributed by atoms with Gasteiger partial charge in [0.25, 0.3) is 11.4 Å². The number of nitriles is 1. The topological polar surface area (TPSA) is 266 Å². The molecule has 0 bridgehead atoms. The van der Waals surface area contributed by atoms with Crippen molar-refractivity contribution < 1.29 is 48.7 Å². The maximum Gasteiger partial charge on any atom is 0.320 e. The summed E-state index contributed by atoms with van der Waals surface area (Å²) >= 11 is 0. The van der Waals surface area contributed by atoms with Gasteiger partial charge in [-0.1, -0.05) is 37.6 Å². The van der Waals surface area contributed by atoms with Gasteiger partial charge in [-0.05, 0) is 65.5 Å². The summed E-state index contributed by atoms with van der Waals surface area (Å²) in [6.45, 7) is 24.0. The summed E-state index contributed by atoms with van der Waals surface area (Å²) in [4.78, 5) is 76.4. The standard InChI is InChI=1S/C18H26N4O6.C18H35N3O4.C9H11NO2.C2H3N/c23-17(24)13-20-9-7-19(8-10-21(12-11-20)14-18(25)26)6-5-15-1-3-16(4-2-15)22(27)28;1-17(2,3)24-15(22)13-20-9-7-19-8-10-21(12-11-20)14-16(23)25-18(4,5)6;1-2-3-8-4-6-9(7-5-8)10(11)12;1-2-3/h1-4H,5-14H2,(H,23,24)(H,25,26);19H,7-14H2,1-6H3;4-7H,2-3H2,1H3;1H3. The molecule has 2 fully saturated rings. The highest BCUT2D eigenvalue weighted by atomic mass is 16.6. The van der Waals surface area contributed by atoms with Gasteiger partial charge in [0.05, 0.1) is 42.1 Å². The number of hydrogen-bond acceptors (Lipinski definition) is 17. The van der Waals surface area contributed by atoms with Gasteiger partial charge in [0.2, 0.25) is 0 Å². The number of nitro benzene ring substituents is 2. The van der Waals surface area contributed by atoms with E-state index in [9.17, 15) is 39.4 Å². The molecule has 2 aromatic carbocycles. The van der Waals surface area contributed by atoms with Crippen LogP contribution in [0, 0.1) is 31.6 Å². The normalized spacial score (nSPS) is 15.9. The zero-order chi connectivity index (χ0) is 51.3. The molecule has 0 spiro atoms. The molecular weight excluding hydrogens is 883 g/mol. The molecule has 3 N–H and O–H groups in total. The highest BCUT2D eigenvalue weighted by Crippen LogP contribution is 2.15. The monoisotopic (exact) mass is 958 g/mol. The molecule has 2 saturated heterocycles. The molecule has 68 heavy (non-hydrogen) atoms. The summed E-state index contributed by atoms with van der Waals surface area (Å²) in [5.74, 6) is -2.24. The lowest BCUT2D eigenvalue weighted by Gasteiger charge is -2.27. The van der Waals surface area contributed by atoms with Gasteiger partial charge in [-0.3, -0.25) is 59.0 Å². The molecule has 0 atom stereocenters. The van der Waals surface area contributed by atoms with Crippen molar-refractivity contribution in [3.63, 3.8) is 0 Å². The number of benzene rings is 2. The van der Waals surface area contributed by atoms with Crippen LogP contribution in [0.4, 0.5) is 11.4 Å². The number of carbonyl (C=O) groups is 4. The van der Waals surface area contributed by atoms with E-state index in [4.69, 9.17) is 24.9 Å². The van der Waals surface area contributed by atoms with E-state index in [1.807, 2.05) is 63.5 Å². The molecule has 2 aliphatic heterocycles. The van der Waals surface area contributed by atoms with Gasteiger partial charge in [-0.25, -0.2) is 0 Å². The second kappa shape index (κ2) is 32.2. The molecular formula is C47H75N9O12. The summed E-state index contributed by atoms with van der Waals surface area (Å²) in [5, 5.41) is 49.8. The van der Waals surface area contributed by atoms with Crippen molar-refractivity contribution in [2.24, 2.45) is 0 Å². The number of hydrogen-bond donors (Lipinski definition) is 3. The lowest BCUT2D eigenvalue weighted by molar-refractivity contribution is -0.385. The van der Waals surface area contributed by atoms with Gasteiger partial charge in [0.15, 0.2) is 0 Å². The number of nitrogens with zero attached hydrogens (tertiary/aromatic N) is 8. The Labute approximate surface area is 401 Å². The number of nitro groups is 2. The smallest absolute Gasteiger partial charge is 0.320 e. The number of carboxylic acid groups (broad SMARTS) is 2. The minimum atomic E-state index is -0.901. The Morgan fingerprint density at radius 1 is 0.603 bits per heavy atom. The van der Waals surface area contributed by atoms with Crippen molar-refractivity contribution in [2.45, 2.75) is 85.9 Å². The lowest BCUT2D eigenvalue weighted by atomic mass is 10.1. The molecule has 380 valence electrons. The van der Waals surface area contributed by atoms with E-state index >= 15 is 0 Å². The molecule has 4 rings (SSSR count). The van der Waals surface area contributed by atoms with Crippen LogP contribution < -0.4 is 5.32 Å². The Balaban J connectivity index is 0.000000527. The summed E-state index contributed by atoms with van der Waals surface area (Å²) in [6, 6.07) is 14.9. The summed E-state index contributed by atoms with van der Waals surface area (Å²) in [7, 11) is 0. The first-order chi connectivity index (χ1) is 31.9. The van der Waals surface area contributed by atoms with Crippen molar-refractivity contribution in [3.05, 3.63) is 79.9 Å². The second-order valence-electron chi connectivity index (χ2n) is 18.2. The fraction of sp³-hybridized carbons (Fsp3) is 0.638. The Morgan fingerprint density at radius 2 is 0.912 bits per heavy atom. The summed E-state index contributed by atoms with van der Waals surface area (Å²) < 4.78 is 10.8. The first-order valence-corrected chi connectivity index (χ1v) is 22.9. The predicted molar refractivity (Wildman–Crippen MR) is 257 cm³/mol. The van der Waals surface area contributed by atoms with Crippen LogP contribution in [-0.2, 0) is 41.5 Å². The zero-order valence-corrected chi connectivity index (χ0v) is 41.3. The van der Waals surface area contributed by atoms with Crippen molar-refractivity contribution in [1.82, 2.24) is 29.8 Å². The third-order valence-corrected chi connectivity index (χ3v) is 9.95. The third kappa shape index (κ3) is 29.9. The van der Waals surface area contributed by atoms with Crippen LogP contribution in [0.15, 0.2) is 48.5 Å². The highest BCUT2D eigenvalue weighted by molar-refractivity contribution is 5.72. The predicted octanol–water partition coefficient (Wildman–Crippen LogP) is 4.18. The third-order valence-electron chi connectivity index (χ3n) is 9.95. The SMILES string of the molecule is CC#N.CC(C)(C)OC(=O)CN1CCNCCN(CC(=O)OC(C)(C)C)CC1.CCCc1ccc([N+](=O)[O-])cc1.O=C(O)CN1CCN(CCc2ccc([N+](=O)[O-])cc2)CCN(CC(=O)O)CC1. The van der Waals surface area contributed by atoms with Crippen LogP contribution in [0.2, 0.25) is 0 Å². The van der Waals surface area contributed by atoms with Gasteiger partial charge in [-0.2, -0.15) is 5.26 Å². The Kier molecular flexibility index (Phi) is 28.6. The van der Waals surface area contributed by atoms with Crippen LogP contribution in [0.3, 0.4) is 0 Å². The van der Waals surface area contributed by atoms with Crippen LogP contribution in [-0.4, -0.2) is 191 Å². The Hall–Kier alpha value is -5.63. The van der Waals surface area contributed by atoms with E-state index in [0.29, 0.717) is 65.3 Å². The first kappa shape index (κ1) is 60.4. The molecule has 21 nitrogen and oxygen atoms in total. The molecule has 0 aliphatic carbocycles. The molecule has 21 heteroatoms. The Bertz CT molecular complexity index is 1810. The molecule has 0 saturated carbocycles. The summed E-state index contributed by atoms with van der Waals surface area (Å²) in [6.07, 6.45) is 2.76. The number of esters is 2. The maximum atomic E-state index is 12.1. The molecule has 2 aromatic rings. The van der Waals surface area contributed by atoms with Crippen molar-refractivity contribution >= 4 is 35.3 Å². The van der Waals surface area contributed by atoms with Crippen LogP contribution >= 0.6 is 0 Å². The van der Waals surface area contributed by atoms with Crippen LogP contribution in [0.25, 0.3) is 0 Å². The van der Waals surface area contributed by atoms with Gasteiger partial charge in [0.1, 0.15) is 11.2 Å². The van der Waals surface area contributed by atoms with E-state index in [1.165, 1.54) is 19.1 Å². The highest BCUT2D eigenvalue weighted by Gasteiger charge is 2.23. The number of aliphatic carboxylic acids is 2. The van der Waals surface area contributed by atoms with E-state index in [0.717, 1.165) is 50.1 Å². The average molecular weight is 958 g/mol. The fourth-order valence-corrected chi connectivity index (χ4v) is 6.79. The zero-order valence-electron chi connectivity index (χ0n) is 41.3. The van der Waals surface area contributed by atoms with Crippen LogP contribution in [0.5, 0.6) is 0 Å². The number of nitrogens with one attached hydrogen (secondary N) is 1. The molecule has 0 aromatic heterocycles. The summed E-state index contributed by atoms with van der Waals surface area (Å²) in [5.41, 5.74) is 1.41. The minimum Gasteiger partial charge on any atom is -0.480 e. The van der Waals surface area contributed by atoms with Crippen LogP contribution in [0.1, 0.15) is 72.9 Å². The van der Waals surface area contributed by atoms with Crippen molar-refractivity contribution in [2.75, 3.05) is 111 Å². The van der Waals surface area contributed by atoms with E-state index in [1.54, 1.807) is 30.3 Å². The fourth-order valence-electron chi connectivity index (χ4n) is 6.79. The number of non-ortho nitro benzene ring substituents is 2. The minimum absolute atomic E-state index is 0.0557. The molecule has 0 radical (unpaired) electrons.